The van der Waals surface area contributed by atoms with Crippen molar-refractivity contribution in [3.63, 3.8) is 0 Å². The van der Waals surface area contributed by atoms with E-state index in [9.17, 15) is 0 Å². The highest BCUT2D eigenvalue weighted by Crippen LogP contribution is 2.51. The SMILES string of the molecule is CNCCC1=CC=C(C)C2CC12. The molecule has 1 N–H and O–H groups in total. The van der Waals surface area contributed by atoms with E-state index in [0.717, 1.165) is 18.4 Å². The van der Waals surface area contributed by atoms with Crippen molar-refractivity contribution in [2.45, 2.75) is 19.8 Å². The number of hydrogen-bond donors (Lipinski definition) is 1. The lowest BCUT2D eigenvalue weighted by Crippen LogP contribution is -2.10. The quantitative estimate of drug-likeness (QED) is 0.672. The van der Waals surface area contributed by atoms with Crippen LogP contribution in [0.3, 0.4) is 0 Å². The Kier molecular flexibility index (Phi) is 2.05. The zero-order chi connectivity index (χ0) is 8.55. The summed E-state index contributed by atoms with van der Waals surface area (Å²) in [6.07, 6.45) is 7.29. The summed E-state index contributed by atoms with van der Waals surface area (Å²) in [6.45, 7) is 3.39. The minimum atomic E-state index is 0.918. The van der Waals surface area contributed by atoms with Gasteiger partial charge < -0.3 is 5.32 Å². The first kappa shape index (κ1) is 8.06. The van der Waals surface area contributed by atoms with Crippen LogP contribution in [0, 0.1) is 11.8 Å². The molecule has 2 rings (SSSR count). The zero-order valence-electron chi connectivity index (χ0n) is 7.93. The minimum absolute atomic E-state index is 0.918. The molecule has 0 spiro atoms. The van der Waals surface area contributed by atoms with Gasteiger partial charge in [-0.05, 0) is 45.2 Å². The third-order valence-electron chi connectivity index (χ3n) is 3.08. The first-order valence-corrected chi connectivity index (χ1v) is 4.84. The van der Waals surface area contributed by atoms with Gasteiger partial charge in [0.2, 0.25) is 0 Å². The van der Waals surface area contributed by atoms with E-state index in [4.69, 9.17) is 0 Å². The van der Waals surface area contributed by atoms with Crippen LogP contribution in [0.5, 0.6) is 0 Å². The molecule has 0 aromatic heterocycles. The standard InChI is InChI=1S/C11H17N/c1-8-3-4-9(5-6-12-2)11-7-10(8)11/h3-4,10-12H,5-7H2,1-2H3. The Balaban J connectivity index is 1.98. The molecule has 2 aliphatic carbocycles. The van der Waals surface area contributed by atoms with Crippen LogP contribution in [0.25, 0.3) is 0 Å². The van der Waals surface area contributed by atoms with E-state index < -0.39 is 0 Å². The van der Waals surface area contributed by atoms with Gasteiger partial charge in [-0.3, -0.25) is 0 Å². The van der Waals surface area contributed by atoms with Gasteiger partial charge in [0, 0.05) is 0 Å². The number of allylic oxidation sites excluding steroid dienone is 3. The van der Waals surface area contributed by atoms with Crippen molar-refractivity contribution in [1.82, 2.24) is 5.32 Å². The molecule has 0 bridgehead atoms. The van der Waals surface area contributed by atoms with Crippen molar-refractivity contribution in [3.8, 4) is 0 Å². The summed E-state index contributed by atoms with van der Waals surface area (Å²) in [7, 11) is 2.02. The molecule has 66 valence electrons. The molecule has 0 aliphatic heterocycles. The fourth-order valence-electron chi connectivity index (χ4n) is 2.13. The van der Waals surface area contributed by atoms with E-state index in [1.54, 1.807) is 11.1 Å². The lowest BCUT2D eigenvalue weighted by Gasteiger charge is -2.10. The Hall–Kier alpha value is -0.560. The normalized spacial score (nSPS) is 32.2. The summed E-state index contributed by atoms with van der Waals surface area (Å²) < 4.78 is 0. The summed E-state index contributed by atoms with van der Waals surface area (Å²) in [5.41, 5.74) is 3.26. The molecule has 2 aliphatic rings. The maximum absolute atomic E-state index is 3.20. The lowest BCUT2D eigenvalue weighted by atomic mass is 9.97. The van der Waals surface area contributed by atoms with E-state index >= 15 is 0 Å². The Morgan fingerprint density at radius 1 is 1.42 bits per heavy atom. The van der Waals surface area contributed by atoms with Gasteiger partial charge in [-0.2, -0.15) is 0 Å². The largest absolute Gasteiger partial charge is 0.319 e. The number of fused-ring (bicyclic) bond motifs is 1. The first-order chi connectivity index (χ1) is 5.83. The molecule has 0 heterocycles. The lowest BCUT2D eigenvalue weighted by molar-refractivity contribution is 0.729. The Morgan fingerprint density at radius 3 is 3.00 bits per heavy atom. The van der Waals surface area contributed by atoms with Crippen molar-refractivity contribution < 1.29 is 0 Å². The highest BCUT2D eigenvalue weighted by atomic mass is 14.8. The van der Waals surface area contributed by atoms with Gasteiger partial charge in [-0.1, -0.05) is 23.3 Å². The zero-order valence-corrected chi connectivity index (χ0v) is 7.93. The Labute approximate surface area is 74.5 Å². The van der Waals surface area contributed by atoms with Crippen LogP contribution >= 0.6 is 0 Å². The van der Waals surface area contributed by atoms with E-state index in [1.807, 2.05) is 7.05 Å². The predicted molar refractivity (Wildman–Crippen MR) is 52.0 cm³/mol. The van der Waals surface area contributed by atoms with Gasteiger partial charge in [0.1, 0.15) is 0 Å². The van der Waals surface area contributed by atoms with Crippen LogP contribution in [0.15, 0.2) is 23.3 Å². The summed E-state index contributed by atoms with van der Waals surface area (Å²) >= 11 is 0. The van der Waals surface area contributed by atoms with Gasteiger partial charge in [0.15, 0.2) is 0 Å². The first-order valence-electron chi connectivity index (χ1n) is 4.84. The second-order valence-electron chi connectivity index (χ2n) is 3.95. The van der Waals surface area contributed by atoms with E-state index in [1.165, 1.54) is 12.8 Å². The molecule has 0 radical (unpaired) electrons. The molecule has 1 heteroatoms. The van der Waals surface area contributed by atoms with Crippen molar-refractivity contribution in [1.29, 1.82) is 0 Å². The molecule has 0 aromatic rings. The minimum Gasteiger partial charge on any atom is -0.319 e. The molecule has 0 saturated heterocycles. The van der Waals surface area contributed by atoms with Crippen LogP contribution in [0.1, 0.15) is 19.8 Å². The van der Waals surface area contributed by atoms with Gasteiger partial charge in [-0.25, -0.2) is 0 Å². The van der Waals surface area contributed by atoms with Crippen LogP contribution in [0.2, 0.25) is 0 Å². The van der Waals surface area contributed by atoms with E-state index in [-0.39, 0.29) is 0 Å². The molecular weight excluding hydrogens is 146 g/mol. The Bertz CT molecular complexity index is 237. The molecule has 12 heavy (non-hydrogen) atoms. The van der Waals surface area contributed by atoms with Crippen molar-refractivity contribution in [3.05, 3.63) is 23.3 Å². The second kappa shape index (κ2) is 3.06. The molecule has 0 amide bonds. The van der Waals surface area contributed by atoms with Crippen LogP contribution < -0.4 is 5.32 Å². The predicted octanol–water partition coefficient (Wildman–Crippen LogP) is 2.12. The van der Waals surface area contributed by atoms with Gasteiger partial charge in [0.25, 0.3) is 0 Å². The smallest absolute Gasteiger partial charge is 0.00144 e. The molecule has 2 unspecified atom stereocenters. The third kappa shape index (κ3) is 1.34. The molecule has 0 aromatic carbocycles. The van der Waals surface area contributed by atoms with Crippen LogP contribution in [0.4, 0.5) is 0 Å². The molecule has 1 nitrogen and oxygen atoms in total. The molecule has 1 saturated carbocycles. The van der Waals surface area contributed by atoms with Crippen molar-refractivity contribution in [2.75, 3.05) is 13.6 Å². The number of rotatable bonds is 3. The average Bonchev–Trinajstić information content (AvgIpc) is 2.83. The highest BCUT2D eigenvalue weighted by Gasteiger charge is 2.41. The van der Waals surface area contributed by atoms with E-state index in [0.29, 0.717) is 0 Å². The topological polar surface area (TPSA) is 12.0 Å². The monoisotopic (exact) mass is 163 g/mol. The second-order valence-corrected chi connectivity index (χ2v) is 3.95. The maximum atomic E-state index is 3.20. The van der Waals surface area contributed by atoms with Gasteiger partial charge >= 0.3 is 0 Å². The van der Waals surface area contributed by atoms with Crippen LogP contribution in [-0.4, -0.2) is 13.6 Å². The summed E-state index contributed by atoms with van der Waals surface area (Å²) in [5.74, 6) is 1.84. The number of hydrogen-bond acceptors (Lipinski definition) is 1. The third-order valence-corrected chi connectivity index (χ3v) is 3.08. The van der Waals surface area contributed by atoms with Gasteiger partial charge in [-0.15, -0.1) is 0 Å². The molecule has 2 atom stereocenters. The molecular formula is C11H17N. The van der Waals surface area contributed by atoms with Crippen molar-refractivity contribution in [2.24, 2.45) is 11.8 Å². The maximum Gasteiger partial charge on any atom is -0.00144 e. The average molecular weight is 163 g/mol. The summed E-state index contributed by atoms with van der Waals surface area (Å²) in [5, 5.41) is 3.20. The van der Waals surface area contributed by atoms with E-state index in [2.05, 4.69) is 24.4 Å². The highest BCUT2D eigenvalue weighted by molar-refractivity contribution is 5.34. The fraction of sp³-hybridized carbons (Fsp3) is 0.636. The fourth-order valence-corrected chi connectivity index (χ4v) is 2.13. The Morgan fingerprint density at radius 2 is 2.25 bits per heavy atom. The number of nitrogens with one attached hydrogen (secondary N) is 1. The summed E-state index contributed by atoms with van der Waals surface area (Å²) in [4.78, 5) is 0. The summed E-state index contributed by atoms with van der Waals surface area (Å²) in [6, 6.07) is 0. The van der Waals surface area contributed by atoms with Crippen LogP contribution in [-0.2, 0) is 0 Å². The molecule has 1 fully saturated rings. The van der Waals surface area contributed by atoms with Crippen molar-refractivity contribution >= 4 is 0 Å². The van der Waals surface area contributed by atoms with Gasteiger partial charge in [0.05, 0.1) is 0 Å².